The first-order valence-corrected chi connectivity index (χ1v) is 5.45. The van der Waals surface area contributed by atoms with Crippen LogP contribution in [0.3, 0.4) is 0 Å². The molecule has 6 nitrogen and oxygen atoms in total. The zero-order valence-corrected chi connectivity index (χ0v) is 11.1. The second-order valence-electron chi connectivity index (χ2n) is 4.72. The Hall–Kier alpha value is -1.30. The van der Waals surface area contributed by atoms with Gasteiger partial charge in [0.1, 0.15) is 6.61 Å². The monoisotopic (exact) mass is 246 g/mol. The summed E-state index contributed by atoms with van der Waals surface area (Å²) in [7, 11) is 3.03. The van der Waals surface area contributed by atoms with Gasteiger partial charge in [0.15, 0.2) is 0 Å². The summed E-state index contributed by atoms with van der Waals surface area (Å²) in [5, 5.41) is 5.05. The van der Waals surface area contributed by atoms with E-state index in [9.17, 15) is 9.59 Å². The lowest BCUT2D eigenvalue weighted by Gasteiger charge is -2.21. The van der Waals surface area contributed by atoms with Crippen LogP contribution in [0.25, 0.3) is 0 Å². The molecule has 0 rings (SSSR count). The van der Waals surface area contributed by atoms with Gasteiger partial charge in [0.2, 0.25) is 0 Å². The lowest BCUT2D eigenvalue weighted by atomic mass is 9.97. The van der Waals surface area contributed by atoms with Gasteiger partial charge in [0, 0.05) is 14.2 Å². The fourth-order valence-corrected chi connectivity index (χ4v) is 0.983. The molecule has 2 amide bonds. The minimum atomic E-state index is -0.551. The Labute approximate surface area is 102 Å². The molecule has 0 saturated carbocycles. The third-order valence-electron chi connectivity index (χ3n) is 1.96. The number of hydrogen-bond donors (Lipinski definition) is 2. The molecule has 100 valence electrons. The molecule has 0 aromatic carbocycles. The summed E-state index contributed by atoms with van der Waals surface area (Å²) in [5.74, 6) is -0.308. The summed E-state index contributed by atoms with van der Waals surface area (Å²) in [5.41, 5.74) is -0.551. The van der Waals surface area contributed by atoms with Crippen LogP contribution in [0.15, 0.2) is 0 Å². The number of hydrogen-bond acceptors (Lipinski definition) is 4. The van der Waals surface area contributed by atoms with Crippen molar-refractivity contribution in [2.45, 2.75) is 26.8 Å². The molecule has 0 aromatic heterocycles. The van der Waals surface area contributed by atoms with Crippen LogP contribution in [0.1, 0.15) is 20.8 Å². The second-order valence-corrected chi connectivity index (χ2v) is 4.72. The molecular weight excluding hydrogens is 224 g/mol. The van der Waals surface area contributed by atoms with Gasteiger partial charge in [-0.2, -0.15) is 0 Å². The minimum absolute atomic E-state index is 0.0946. The average Bonchev–Trinajstić information content (AvgIpc) is 2.24. The molecule has 0 radical (unpaired) electrons. The van der Waals surface area contributed by atoms with Crippen molar-refractivity contribution in [3.63, 3.8) is 0 Å². The Bertz CT molecular complexity index is 261. The first-order chi connectivity index (χ1) is 7.81. The summed E-state index contributed by atoms with van der Waals surface area (Å²) >= 11 is 0. The maximum absolute atomic E-state index is 11.5. The van der Waals surface area contributed by atoms with E-state index in [1.807, 2.05) is 0 Å². The zero-order chi connectivity index (χ0) is 13.5. The number of esters is 1. The van der Waals surface area contributed by atoms with E-state index >= 15 is 0 Å². The molecule has 6 heteroatoms. The van der Waals surface area contributed by atoms with E-state index < -0.39 is 5.41 Å². The molecule has 0 aliphatic heterocycles. The van der Waals surface area contributed by atoms with Gasteiger partial charge in [-0.05, 0) is 20.8 Å². The van der Waals surface area contributed by atoms with Crippen LogP contribution < -0.4 is 10.6 Å². The van der Waals surface area contributed by atoms with E-state index in [1.54, 1.807) is 20.8 Å². The van der Waals surface area contributed by atoms with Crippen molar-refractivity contribution < 1.29 is 19.1 Å². The number of methoxy groups -OCH3 is 1. The van der Waals surface area contributed by atoms with Crippen molar-refractivity contribution in [1.82, 2.24) is 10.6 Å². The van der Waals surface area contributed by atoms with Gasteiger partial charge >= 0.3 is 12.0 Å². The largest absolute Gasteiger partial charge is 0.463 e. The zero-order valence-electron chi connectivity index (χ0n) is 11.1. The maximum atomic E-state index is 11.5. The third kappa shape index (κ3) is 6.78. The van der Waals surface area contributed by atoms with Gasteiger partial charge in [-0.1, -0.05) is 0 Å². The van der Waals surface area contributed by atoms with E-state index in [1.165, 1.54) is 14.2 Å². The number of ether oxygens (including phenoxy) is 2. The van der Waals surface area contributed by atoms with Crippen molar-refractivity contribution in [3.05, 3.63) is 0 Å². The minimum Gasteiger partial charge on any atom is -0.463 e. The van der Waals surface area contributed by atoms with Crippen molar-refractivity contribution in [2.24, 2.45) is 5.41 Å². The third-order valence-corrected chi connectivity index (χ3v) is 1.96. The molecule has 0 saturated heterocycles. The quantitative estimate of drug-likeness (QED) is 0.693. The molecule has 0 aliphatic rings. The van der Waals surface area contributed by atoms with Crippen LogP contribution in [0.2, 0.25) is 0 Å². The molecule has 0 bridgehead atoms. The lowest BCUT2D eigenvalue weighted by molar-refractivity contribution is -0.154. The van der Waals surface area contributed by atoms with Crippen molar-refractivity contribution in [2.75, 3.05) is 27.4 Å². The van der Waals surface area contributed by atoms with E-state index in [-0.39, 0.29) is 31.3 Å². The van der Waals surface area contributed by atoms with Crippen molar-refractivity contribution in [1.29, 1.82) is 0 Å². The van der Waals surface area contributed by atoms with E-state index in [0.29, 0.717) is 0 Å². The molecule has 17 heavy (non-hydrogen) atoms. The predicted molar refractivity (Wildman–Crippen MR) is 63.7 cm³/mol. The SMILES string of the molecule is CNC(=O)NC(COC)COC(=O)C(C)(C)C. The van der Waals surface area contributed by atoms with Crippen LogP contribution in [-0.4, -0.2) is 45.4 Å². The summed E-state index contributed by atoms with van der Waals surface area (Å²) in [4.78, 5) is 22.7. The van der Waals surface area contributed by atoms with Gasteiger partial charge < -0.3 is 20.1 Å². The number of rotatable bonds is 5. The fourth-order valence-electron chi connectivity index (χ4n) is 0.983. The standard InChI is InChI=1S/C11H22N2O4/c1-11(2,3)9(14)17-7-8(6-16-5)13-10(15)12-4/h8H,6-7H2,1-5H3,(H2,12,13,15). The molecule has 0 aliphatic carbocycles. The van der Waals surface area contributed by atoms with Crippen LogP contribution in [0.4, 0.5) is 4.79 Å². The Kier molecular flexibility index (Phi) is 6.57. The fraction of sp³-hybridized carbons (Fsp3) is 0.818. The van der Waals surface area contributed by atoms with Gasteiger partial charge in [-0.15, -0.1) is 0 Å². The average molecular weight is 246 g/mol. The van der Waals surface area contributed by atoms with Crippen LogP contribution in [0.5, 0.6) is 0 Å². The van der Waals surface area contributed by atoms with Gasteiger partial charge in [0.25, 0.3) is 0 Å². The number of nitrogens with one attached hydrogen (secondary N) is 2. The molecule has 2 N–H and O–H groups in total. The van der Waals surface area contributed by atoms with Gasteiger partial charge in [-0.25, -0.2) is 4.79 Å². The molecule has 0 heterocycles. The second kappa shape index (κ2) is 7.11. The predicted octanol–water partition coefficient (Wildman–Crippen LogP) is 0.520. The van der Waals surface area contributed by atoms with Crippen molar-refractivity contribution >= 4 is 12.0 Å². The number of urea groups is 1. The summed E-state index contributed by atoms with van der Waals surface area (Å²) in [6.07, 6.45) is 0. The maximum Gasteiger partial charge on any atom is 0.314 e. The molecule has 0 spiro atoms. The Balaban J connectivity index is 4.17. The van der Waals surface area contributed by atoms with Crippen LogP contribution >= 0.6 is 0 Å². The molecule has 0 aromatic rings. The number of amides is 2. The Morgan fingerprint density at radius 1 is 1.24 bits per heavy atom. The Morgan fingerprint density at radius 3 is 2.24 bits per heavy atom. The smallest absolute Gasteiger partial charge is 0.314 e. The number of carbonyl (C=O) groups is 2. The van der Waals surface area contributed by atoms with Gasteiger partial charge in [0.05, 0.1) is 18.1 Å². The van der Waals surface area contributed by atoms with Crippen LogP contribution in [-0.2, 0) is 14.3 Å². The first kappa shape index (κ1) is 15.7. The highest BCUT2D eigenvalue weighted by atomic mass is 16.5. The highest BCUT2D eigenvalue weighted by molar-refractivity contribution is 5.75. The Morgan fingerprint density at radius 2 is 1.82 bits per heavy atom. The first-order valence-electron chi connectivity index (χ1n) is 5.45. The summed E-state index contributed by atoms with van der Waals surface area (Å²) < 4.78 is 10.0. The highest BCUT2D eigenvalue weighted by Crippen LogP contribution is 2.15. The molecule has 0 fully saturated rings. The van der Waals surface area contributed by atoms with E-state index in [0.717, 1.165) is 0 Å². The van der Waals surface area contributed by atoms with Crippen molar-refractivity contribution in [3.8, 4) is 0 Å². The van der Waals surface area contributed by atoms with E-state index in [4.69, 9.17) is 9.47 Å². The highest BCUT2D eigenvalue weighted by Gasteiger charge is 2.24. The van der Waals surface area contributed by atoms with E-state index in [2.05, 4.69) is 10.6 Å². The lowest BCUT2D eigenvalue weighted by Crippen LogP contribution is -2.46. The molecular formula is C11H22N2O4. The summed E-state index contributed by atoms with van der Waals surface area (Å²) in [6.45, 7) is 5.69. The molecule has 1 unspecified atom stereocenters. The molecule has 1 atom stereocenters. The van der Waals surface area contributed by atoms with Crippen LogP contribution in [0, 0.1) is 5.41 Å². The normalized spacial score (nSPS) is 12.8. The topological polar surface area (TPSA) is 76.7 Å². The van der Waals surface area contributed by atoms with Gasteiger partial charge in [-0.3, -0.25) is 4.79 Å². The number of carbonyl (C=O) groups excluding carboxylic acids is 2. The summed E-state index contributed by atoms with van der Waals surface area (Å²) in [6, 6.07) is -0.690.